The largest absolute Gasteiger partial charge is 0.506 e. The molecule has 0 aliphatic rings. The topological polar surface area (TPSA) is 88.5 Å². The highest BCUT2D eigenvalue weighted by molar-refractivity contribution is 6.06. The number of hydrogen-bond acceptors (Lipinski definition) is 5. The average Bonchev–Trinajstić information content (AvgIpc) is 3.12. The molecule has 2 N–H and O–H groups in total. The average molecular weight is 288 g/mol. The maximum Gasteiger partial charge on any atom is 0.278 e. The van der Waals surface area contributed by atoms with E-state index in [-0.39, 0.29) is 22.9 Å². The maximum atomic E-state index is 13.1. The zero-order chi connectivity index (χ0) is 14.8. The maximum absolute atomic E-state index is 13.1. The van der Waals surface area contributed by atoms with Crippen molar-refractivity contribution in [1.82, 2.24) is 4.98 Å². The van der Waals surface area contributed by atoms with E-state index in [2.05, 4.69) is 10.3 Å². The van der Waals surface area contributed by atoms with Crippen LogP contribution in [0.3, 0.4) is 0 Å². The molecule has 0 fully saturated rings. The van der Waals surface area contributed by atoms with Gasteiger partial charge in [0, 0.05) is 6.07 Å². The highest BCUT2D eigenvalue weighted by atomic mass is 19.1. The predicted molar refractivity (Wildman–Crippen MR) is 70.2 cm³/mol. The first kappa shape index (κ1) is 12.9. The third kappa shape index (κ3) is 2.48. The lowest BCUT2D eigenvalue weighted by Gasteiger charge is -2.06. The number of nitrogens with one attached hydrogen (secondary N) is 1. The Bertz CT molecular complexity index is 780. The Morgan fingerprint density at radius 3 is 2.90 bits per heavy atom. The molecule has 21 heavy (non-hydrogen) atoms. The van der Waals surface area contributed by atoms with Crippen LogP contribution in [-0.4, -0.2) is 16.0 Å². The van der Waals surface area contributed by atoms with E-state index in [0.717, 1.165) is 24.6 Å². The summed E-state index contributed by atoms with van der Waals surface area (Å²) < 4.78 is 23.4. The van der Waals surface area contributed by atoms with Crippen LogP contribution in [0.4, 0.5) is 10.1 Å². The van der Waals surface area contributed by atoms with E-state index in [1.54, 1.807) is 12.1 Å². The summed E-state index contributed by atoms with van der Waals surface area (Å²) in [6.07, 6.45) is 2.52. The van der Waals surface area contributed by atoms with Crippen LogP contribution < -0.4 is 5.32 Å². The molecule has 0 atom stereocenters. The summed E-state index contributed by atoms with van der Waals surface area (Å²) in [5.74, 6) is -1.02. The van der Waals surface area contributed by atoms with Crippen LogP contribution in [-0.2, 0) is 0 Å². The number of benzene rings is 1. The van der Waals surface area contributed by atoms with Gasteiger partial charge in [-0.15, -0.1) is 0 Å². The van der Waals surface area contributed by atoms with E-state index in [1.165, 1.54) is 6.26 Å². The number of aromatic nitrogens is 1. The normalized spacial score (nSPS) is 10.5. The first-order valence-corrected chi connectivity index (χ1v) is 5.92. The smallest absolute Gasteiger partial charge is 0.278 e. The summed E-state index contributed by atoms with van der Waals surface area (Å²) in [5, 5.41) is 12.0. The molecule has 3 rings (SSSR count). The number of carbonyl (C=O) groups is 1. The number of halogens is 1. The SMILES string of the molecule is O=C(Nc1cc(F)ccc1O)c1ncoc1-c1ccco1. The van der Waals surface area contributed by atoms with Gasteiger partial charge in [-0.05, 0) is 24.3 Å². The molecule has 7 heteroatoms. The van der Waals surface area contributed by atoms with Gasteiger partial charge >= 0.3 is 0 Å². The standard InChI is InChI=1S/C14H9FN2O4/c15-8-3-4-10(18)9(6-8)17-14(19)12-13(21-7-16-12)11-2-1-5-20-11/h1-7,18H,(H,17,19). The fourth-order valence-corrected chi connectivity index (χ4v) is 1.78. The summed E-state index contributed by atoms with van der Waals surface area (Å²) in [5.41, 5.74) is -0.0954. The van der Waals surface area contributed by atoms with Crippen LogP contribution in [0.15, 0.2) is 51.8 Å². The van der Waals surface area contributed by atoms with Crippen molar-refractivity contribution in [2.45, 2.75) is 0 Å². The summed E-state index contributed by atoms with van der Waals surface area (Å²) in [6, 6.07) is 6.46. The molecule has 1 aromatic carbocycles. The Balaban J connectivity index is 1.90. The zero-order valence-electron chi connectivity index (χ0n) is 10.5. The highest BCUT2D eigenvalue weighted by Gasteiger charge is 2.21. The Labute approximate surface area is 117 Å². The molecular weight excluding hydrogens is 279 g/mol. The minimum Gasteiger partial charge on any atom is -0.506 e. The Morgan fingerprint density at radius 2 is 2.14 bits per heavy atom. The first-order chi connectivity index (χ1) is 10.1. The van der Waals surface area contributed by atoms with Crippen LogP contribution in [0, 0.1) is 5.82 Å². The number of phenolic OH excluding ortho intramolecular Hbond substituents is 1. The second-order valence-electron chi connectivity index (χ2n) is 4.12. The van der Waals surface area contributed by atoms with E-state index in [1.807, 2.05) is 0 Å². The zero-order valence-corrected chi connectivity index (χ0v) is 10.5. The molecule has 0 aliphatic heterocycles. The Kier molecular flexibility index (Phi) is 3.15. The number of rotatable bonds is 3. The first-order valence-electron chi connectivity index (χ1n) is 5.92. The molecule has 0 unspecified atom stereocenters. The van der Waals surface area contributed by atoms with Crippen molar-refractivity contribution in [1.29, 1.82) is 0 Å². The molecule has 1 amide bonds. The van der Waals surface area contributed by atoms with Crippen LogP contribution >= 0.6 is 0 Å². The van der Waals surface area contributed by atoms with Gasteiger partial charge < -0.3 is 19.3 Å². The van der Waals surface area contributed by atoms with Crippen molar-refractivity contribution in [3.63, 3.8) is 0 Å². The summed E-state index contributed by atoms with van der Waals surface area (Å²) >= 11 is 0. The van der Waals surface area contributed by atoms with Crippen molar-refractivity contribution in [2.75, 3.05) is 5.32 Å². The monoisotopic (exact) mass is 288 g/mol. The molecule has 0 spiro atoms. The number of anilines is 1. The van der Waals surface area contributed by atoms with Gasteiger partial charge in [0.1, 0.15) is 11.6 Å². The summed E-state index contributed by atoms with van der Waals surface area (Å²) in [4.78, 5) is 16.0. The lowest BCUT2D eigenvalue weighted by molar-refractivity contribution is 0.102. The van der Waals surface area contributed by atoms with Crippen molar-refractivity contribution >= 4 is 11.6 Å². The molecule has 0 saturated heterocycles. The lowest BCUT2D eigenvalue weighted by atomic mass is 10.2. The second kappa shape index (κ2) is 5.12. The number of oxazole rings is 1. The minimum atomic E-state index is -0.656. The van der Waals surface area contributed by atoms with E-state index < -0.39 is 11.7 Å². The number of aromatic hydroxyl groups is 1. The number of carbonyl (C=O) groups excluding carboxylic acids is 1. The molecule has 0 bridgehead atoms. The molecule has 0 radical (unpaired) electrons. The minimum absolute atomic E-state index is 0.0337. The number of amides is 1. The predicted octanol–water partition coefficient (Wildman–Crippen LogP) is 3.03. The molecular formula is C14H9FN2O4. The Hall–Kier alpha value is -3.09. The Morgan fingerprint density at radius 1 is 1.29 bits per heavy atom. The van der Waals surface area contributed by atoms with Gasteiger partial charge in [-0.2, -0.15) is 0 Å². The van der Waals surface area contributed by atoms with Crippen molar-refractivity contribution < 1.29 is 23.1 Å². The highest BCUT2D eigenvalue weighted by Crippen LogP contribution is 2.27. The lowest BCUT2D eigenvalue weighted by Crippen LogP contribution is -2.13. The van der Waals surface area contributed by atoms with Crippen molar-refractivity contribution in [2.24, 2.45) is 0 Å². The van der Waals surface area contributed by atoms with E-state index in [0.29, 0.717) is 5.76 Å². The van der Waals surface area contributed by atoms with Crippen LogP contribution in [0.2, 0.25) is 0 Å². The number of nitrogens with zero attached hydrogens (tertiary/aromatic N) is 1. The van der Waals surface area contributed by atoms with Gasteiger partial charge in [0.2, 0.25) is 5.76 Å². The number of hydrogen-bond donors (Lipinski definition) is 2. The van der Waals surface area contributed by atoms with Crippen LogP contribution in [0.1, 0.15) is 10.5 Å². The van der Waals surface area contributed by atoms with Gasteiger partial charge in [-0.1, -0.05) is 0 Å². The third-order valence-electron chi connectivity index (χ3n) is 2.73. The molecule has 6 nitrogen and oxygen atoms in total. The molecule has 2 heterocycles. The number of furan rings is 1. The quantitative estimate of drug-likeness (QED) is 0.723. The third-order valence-corrected chi connectivity index (χ3v) is 2.73. The van der Waals surface area contributed by atoms with Crippen molar-refractivity contribution in [3.8, 4) is 17.3 Å². The van der Waals surface area contributed by atoms with Gasteiger partial charge in [-0.25, -0.2) is 9.37 Å². The second-order valence-corrected chi connectivity index (χ2v) is 4.12. The molecule has 106 valence electrons. The van der Waals surface area contributed by atoms with Gasteiger partial charge in [0.15, 0.2) is 17.8 Å². The van der Waals surface area contributed by atoms with E-state index >= 15 is 0 Å². The summed E-state index contributed by atoms with van der Waals surface area (Å²) in [7, 11) is 0. The van der Waals surface area contributed by atoms with Gasteiger partial charge in [0.05, 0.1) is 12.0 Å². The molecule has 0 aliphatic carbocycles. The fourth-order valence-electron chi connectivity index (χ4n) is 1.78. The molecule has 3 aromatic rings. The van der Waals surface area contributed by atoms with Gasteiger partial charge in [-0.3, -0.25) is 4.79 Å². The van der Waals surface area contributed by atoms with Crippen LogP contribution in [0.25, 0.3) is 11.5 Å². The van der Waals surface area contributed by atoms with Gasteiger partial charge in [0.25, 0.3) is 5.91 Å². The van der Waals surface area contributed by atoms with Crippen molar-refractivity contribution in [3.05, 3.63) is 54.5 Å². The van der Waals surface area contributed by atoms with E-state index in [9.17, 15) is 14.3 Å². The fraction of sp³-hybridized carbons (Fsp3) is 0. The van der Waals surface area contributed by atoms with Crippen LogP contribution in [0.5, 0.6) is 5.75 Å². The van der Waals surface area contributed by atoms with E-state index in [4.69, 9.17) is 8.83 Å². The molecule has 2 aromatic heterocycles. The molecule has 0 saturated carbocycles. The summed E-state index contributed by atoms with van der Waals surface area (Å²) in [6.45, 7) is 0. The number of phenols is 1.